The molecule has 0 spiro atoms. The Morgan fingerprint density at radius 2 is 2.06 bits per heavy atom. The minimum Gasteiger partial charge on any atom is -0.454 e. The molecule has 88 valence electrons. The molecule has 1 aromatic carbocycles. The maximum Gasteiger partial charge on any atom is 0.231 e. The van der Waals surface area contributed by atoms with Crippen molar-refractivity contribution in [2.24, 2.45) is 5.73 Å². The van der Waals surface area contributed by atoms with Gasteiger partial charge in [-0.15, -0.1) is 11.8 Å². The number of hydrogen-bond acceptors (Lipinski definition) is 4. The van der Waals surface area contributed by atoms with E-state index in [4.69, 9.17) is 15.2 Å². The summed E-state index contributed by atoms with van der Waals surface area (Å²) in [5.74, 6) is 2.70. The van der Waals surface area contributed by atoms with Crippen LogP contribution >= 0.6 is 11.8 Å². The van der Waals surface area contributed by atoms with Crippen LogP contribution in [0, 0.1) is 0 Å². The average Bonchev–Trinajstić information content (AvgIpc) is 2.62. The molecule has 0 radical (unpaired) electrons. The average molecular weight is 239 g/mol. The lowest BCUT2D eigenvalue weighted by Gasteiger charge is -2.17. The minimum atomic E-state index is -0.0939. The summed E-state index contributed by atoms with van der Waals surface area (Å²) in [6.07, 6.45) is 0.992. The van der Waals surface area contributed by atoms with Crippen LogP contribution < -0.4 is 15.2 Å². The molecule has 2 N–H and O–H groups in total. The molecule has 1 aliphatic rings. The minimum absolute atomic E-state index is 0.0939. The predicted octanol–water partition coefficient (Wildman–Crippen LogP) is 2.63. The van der Waals surface area contributed by atoms with Crippen LogP contribution in [0.3, 0.4) is 0 Å². The Morgan fingerprint density at radius 3 is 2.81 bits per heavy atom. The summed E-state index contributed by atoms with van der Waals surface area (Å²) in [7, 11) is 0. The Labute approximate surface area is 100 Å². The summed E-state index contributed by atoms with van der Waals surface area (Å²) < 4.78 is 10.6. The van der Waals surface area contributed by atoms with E-state index in [1.54, 1.807) is 11.8 Å². The molecule has 0 saturated heterocycles. The van der Waals surface area contributed by atoms with E-state index in [9.17, 15) is 0 Å². The van der Waals surface area contributed by atoms with Gasteiger partial charge in [0.15, 0.2) is 11.5 Å². The Morgan fingerprint density at radius 1 is 1.31 bits per heavy atom. The second-order valence-electron chi connectivity index (χ2n) is 4.60. The van der Waals surface area contributed by atoms with Crippen molar-refractivity contribution in [3.8, 4) is 11.5 Å². The number of hydrogen-bond donors (Lipinski definition) is 1. The normalized spacial score (nSPS) is 14.2. The van der Waals surface area contributed by atoms with Gasteiger partial charge in [0.2, 0.25) is 6.79 Å². The van der Waals surface area contributed by atoms with Gasteiger partial charge >= 0.3 is 0 Å². The van der Waals surface area contributed by atoms with Crippen molar-refractivity contribution in [2.45, 2.75) is 30.7 Å². The van der Waals surface area contributed by atoms with Gasteiger partial charge in [-0.1, -0.05) is 0 Å². The van der Waals surface area contributed by atoms with Crippen LogP contribution in [0.2, 0.25) is 0 Å². The first-order valence-corrected chi connectivity index (χ1v) is 6.34. The van der Waals surface area contributed by atoms with Crippen molar-refractivity contribution in [3.63, 3.8) is 0 Å². The predicted molar refractivity (Wildman–Crippen MR) is 66.2 cm³/mol. The third kappa shape index (κ3) is 3.06. The van der Waals surface area contributed by atoms with Crippen molar-refractivity contribution < 1.29 is 9.47 Å². The zero-order valence-electron chi connectivity index (χ0n) is 9.66. The molecule has 1 aromatic rings. The monoisotopic (exact) mass is 239 g/mol. The summed E-state index contributed by atoms with van der Waals surface area (Å²) in [4.78, 5) is 1.20. The van der Waals surface area contributed by atoms with E-state index in [1.165, 1.54) is 4.90 Å². The first-order chi connectivity index (χ1) is 7.54. The van der Waals surface area contributed by atoms with Gasteiger partial charge in [-0.25, -0.2) is 0 Å². The SMILES string of the molecule is CC(C)(N)CCSc1ccc2c(c1)OCO2. The molecule has 0 aliphatic carbocycles. The fourth-order valence-corrected chi connectivity index (χ4v) is 2.62. The lowest BCUT2D eigenvalue weighted by molar-refractivity contribution is 0.174. The molecule has 0 bridgehead atoms. The van der Waals surface area contributed by atoms with Crippen molar-refractivity contribution in [1.82, 2.24) is 0 Å². The molecule has 3 nitrogen and oxygen atoms in total. The van der Waals surface area contributed by atoms with Crippen LogP contribution in [0.1, 0.15) is 20.3 Å². The summed E-state index contributed by atoms with van der Waals surface area (Å²) in [5, 5.41) is 0. The van der Waals surface area contributed by atoms with E-state index in [-0.39, 0.29) is 5.54 Å². The highest BCUT2D eigenvalue weighted by atomic mass is 32.2. The third-order valence-electron chi connectivity index (χ3n) is 2.36. The molecule has 0 atom stereocenters. The molecule has 0 amide bonds. The number of fused-ring (bicyclic) bond motifs is 1. The van der Waals surface area contributed by atoms with Crippen molar-refractivity contribution in [1.29, 1.82) is 0 Å². The molecule has 1 heterocycles. The van der Waals surface area contributed by atoms with E-state index in [0.717, 1.165) is 23.7 Å². The van der Waals surface area contributed by atoms with Crippen LogP contribution in [-0.4, -0.2) is 18.1 Å². The maximum atomic E-state index is 5.93. The van der Waals surface area contributed by atoms with Crippen LogP contribution in [-0.2, 0) is 0 Å². The Kier molecular flexibility index (Phi) is 3.30. The summed E-state index contributed by atoms with van der Waals surface area (Å²) in [5.41, 5.74) is 5.84. The Balaban J connectivity index is 1.91. The highest BCUT2D eigenvalue weighted by molar-refractivity contribution is 7.99. The molecular weight excluding hydrogens is 222 g/mol. The van der Waals surface area contributed by atoms with Gasteiger partial charge in [0.1, 0.15) is 0 Å². The highest BCUT2D eigenvalue weighted by Gasteiger charge is 2.14. The van der Waals surface area contributed by atoms with Gasteiger partial charge in [0.05, 0.1) is 0 Å². The first-order valence-electron chi connectivity index (χ1n) is 5.36. The Bertz CT molecular complexity index is 374. The zero-order valence-corrected chi connectivity index (χ0v) is 10.5. The molecule has 4 heteroatoms. The van der Waals surface area contributed by atoms with Crippen molar-refractivity contribution in [3.05, 3.63) is 18.2 Å². The van der Waals surface area contributed by atoms with Crippen LogP contribution in [0.5, 0.6) is 11.5 Å². The number of thioether (sulfide) groups is 1. The number of ether oxygens (including phenoxy) is 2. The zero-order chi connectivity index (χ0) is 11.6. The molecule has 0 aromatic heterocycles. The summed E-state index contributed by atoms with van der Waals surface area (Å²) in [6.45, 7) is 4.43. The lowest BCUT2D eigenvalue weighted by atomic mass is 10.0. The molecule has 0 unspecified atom stereocenters. The van der Waals surface area contributed by atoms with Crippen molar-refractivity contribution in [2.75, 3.05) is 12.5 Å². The summed E-state index contributed by atoms with van der Waals surface area (Å²) in [6, 6.07) is 6.04. The van der Waals surface area contributed by atoms with Crippen LogP contribution in [0.25, 0.3) is 0 Å². The fraction of sp³-hybridized carbons (Fsp3) is 0.500. The van der Waals surface area contributed by atoms with E-state index in [0.29, 0.717) is 6.79 Å². The highest BCUT2D eigenvalue weighted by Crippen LogP contribution is 2.35. The quantitative estimate of drug-likeness (QED) is 0.820. The summed E-state index contributed by atoms with van der Waals surface area (Å²) >= 11 is 1.80. The van der Waals surface area contributed by atoms with E-state index in [1.807, 2.05) is 26.0 Å². The van der Waals surface area contributed by atoms with Gasteiger partial charge in [-0.05, 0) is 44.2 Å². The van der Waals surface area contributed by atoms with Gasteiger partial charge in [0, 0.05) is 10.4 Å². The van der Waals surface area contributed by atoms with Gasteiger partial charge < -0.3 is 15.2 Å². The lowest BCUT2D eigenvalue weighted by Crippen LogP contribution is -2.32. The van der Waals surface area contributed by atoms with Crippen molar-refractivity contribution >= 4 is 11.8 Å². The smallest absolute Gasteiger partial charge is 0.231 e. The second-order valence-corrected chi connectivity index (χ2v) is 5.77. The van der Waals surface area contributed by atoms with Gasteiger partial charge in [-0.2, -0.15) is 0 Å². The number of nitrogens with two attached hydrogens (primary N) is 1. The molecule has 0 saturated carbocycles. The van der Waals surface area contributed by atoms with E-state index < -0.39 is 0 Å². The molecule has 16 heavy (non-hydrogen) atoms. The first kappa shape index (κ1) is 11.6. The third-order valence-corrected chi connectivity index (χ3v) is 3.35. The van der Waals surface area contributed by atoms with Gasteiger partial charge in [-0.3, -0.25) is 0 Å². The number of rotatable bonds is 4. The standard InChI is InChI=1S/C12H17NO2S/c1-12(2,13)5-6-16-9-3-4-10-11(7-9)15-8-14-10/h3-4,7H,5-6,8,13H2,1-2H3. The van der Waals surface area contributed by atoms with Crippen LogP contribution in [0.4, 0.5) is 0 Å². The van der Waals surface area contributed by atoms with Gasteiger partial charge in [0.25, 0.3) is 0 Å². The molecule has 2 rings (SSSR count). The molecular formula is C12H17NO2S. The Hall–Kier alpha value is -0.870. The molecule has 1 aliphatic heterocycles. The number of benzene rings is 1. The van der Waals surface area contributed by atoms with E-state index in [2.05, 4.69) is 6.07 Å². The van der Waals surface area contributed by atoms with Crippen LogP contribution in [0.15, 0.2) is 23.1 Å². The van der Waals surface area contributed by atoms with E-state index >= 15 is 0 Å². The molecule has 0 fully saturated rings. The second kappa shape index (κ2) is 4.55. The fourth-order valence-electron chi connectivity index (χ4n) is 1.40. The largest absolute Gasteiger partial charge is 0.454 e. The maximum absolute atomic E-state index is 5.93. The topological polar surface area (TPSA) is 44.5 Å².